The molecule has 2 aromatic heterocycles. The number of rotatable bonds is 8. The topological polar surface area (TPSA) is 50.9 Å². The molecule has 9 aromatic rings. The molecule has 0 spiro atoms. The number of nitrogens with zero attached hydrogens (tertiary/aromatic N) is 3. The quantitative estimate of drug-likeness (QED) is 0.167. The standard InChI is InChI=1S/C55H47N3O/c1-36(2)41-29-43(38-17-10-7-11-18-38)34-47(33-41)58-51-21-14-20-48(53(51)57-54(58)49-19-12-13-22-52(49)59)44-30-42(37-15-8-6-9-16-37)31-45(32-44)50-35-40(27-28-56-50)39-23-25-46(26-24-39)55(3,4)5/h6-36,59H,1-5H3/i3D3,4D3,5D3,23D,24D,25D,26D,27D,28D,35D,36D. The van der Waals surface area contributed by atoms with Crippen LogP contribution in [0.15, 0.2) is 182 Å². The molecule has 0 radical (unpaired) electrons. The van der Waals surface area contributed by atoms with E-state index in [1.807, 2.05) is 108 Å². The molecule has 0 atom stereocenters. The molecule has 7 aromatic carbocycles. The van der Waals surface area contributed by atoms with Gasteiger partial charge in [0.05, 0.1) is 31.9 Å². The van der Waals surface area contributed by atoms with E-state index in [-0.39, 0.29) is 17.0 Å². The summed E-state index contributed by atoms with van der Waals surface area (Å²) in [5.74, 6) is -0.688. The van der Waals surface area contributed by atoms with Gasteiger partial charge in [-0.05, 0) is 122 Å². The molecular weight excluding hydrogens is 719 g/mol. The number of benzene rings is 7. The Bertz CT molecular complexity index is 3680. The number of pyridine rings is 1. The van der Waals surface area contributed by atoms with Gasteiger partial charge in [-0.15, -0.1) is 0 Å². The number of phenols is 1. The molecule has 59 heavy (non-hydrogen) atoms. The van der Waals surface area contributed by atoms with Gasteiger partial charge in [0, 0.05) is 36.7 Å². The Morgan fingerprint density at radius 3 is 1.95 bits per heavy atom. The van der Waals surface area contributed by atoms with E-state index in [9.17, 15) is 6.48 Å². The second kappa shape index (κ2) is 15.4. The van der Waals surface area contributed by atoms with Crippen LogP contribution in [0.2, 0.25) is 0 Å². The summed E-state index contributed by atoms with van der Waals surface area (Å²) in [5, 5.41) is 11.4. The molecule has 9 rings (SSSR count). The monoisotopic (exact) mass is 782 g/mol. The minimum atomic E-state index is -3.93. The highest BCUT2D eigenvalue weighted by molar-refractivity contribution is 5.98. The molecule has 2 heterocycles. The zero-order chi connectivity index (χ0) is 55.2. The van der Waals surface area contributed by atoms with Crippen molar-refractivity contribution in [3.63, 3.8) is 0 Å². The number of fused-ring (bicyclic) bond motifs is 1. The summed E-state index contributed by atoms with van der Waals surface area (Å²) in [4.78, 5) is 9.64. The van der Waals surface area contributed by atoms with Crippen molar-refractivity contribution in [2.75, 3.05) is 0 Å². The summed E-state index contributed by atoms with van der Waals surface area (Å²) in [7, 11) is 0. The Morgan fingerprint density at radius 1 is 0.610 bits per heavy atom. The van der Waals surface area contributed by atoms with Crippen LogP contribution in [0.4, 0.5) is 0 Å². The molecule has 0 saturated heterocycles. The average molecular weight is 783 g/mol. The molecule has 4 heteroatoms. The maximum atomic E-state index is 11.4. The van der Waals surface area contributed by atoms with Crippen molar-refractivity contribution in [2.24, 2.45) is 0 Å². The highest BCUT2D eigenvalue weighted by atomic mass is 16.3. The van der Waals surface area contributed by atoms with Crippen molar-refractivity contribution >= 4 is 11.0 Å². The Kier molecular flexibility index (Phi) is 5.94. The minimum Gasteiger partial charge on any atom is -0.507 e. The van der Waals surface area contributed by atoms with Crippen LogP contribution in [-0.4, -0.2) is 19.6 Å². The van der Waals surface area contributed by atoms with Gasteiger partial charge in [-0.3, -0.25) is 9.55 Å². The van der Waals surface area contributed by atoms with E-state index in [1.165, 1.54) is 0 Å². The summed E-state index contributed by atoms with van der Waals surface area (Å²) in [6, 6.07) is 36.1. The van der Waals surface area contributed by atoms with Crippen LogP contribution in [0, 0.1) is 0 Å². The molecule has 0 amide bonds. The van der Waals surface area contributed by atoms with Crippen LogP contribution in [0.1, 0.15) is 74.7 Å². The Morgan fingerprint density at radius 2 is 1.25 bits per heavy atom. The van der Waals surface area contributed by atoms with Gasteiger partial charge in [-0.25, -0.2) is 4.98 Å². The first-order valence-corrected chi connectivity index (χ1v) is 18.9. The van der Waals surface area contributed by atoms with E-state index >= 15 is 0 Å². The third-order valence-corrected chi connectivity index (χ3v) is 10.2. The number of phenolic OH excluding ortho intramolecular Hbond substituents is 1. The van der Waals surface area contributed by atoms with E-state index in [4.69, 9.17) is 26.9 Å². The summed E-state index contributed by atoms with van der Waals surface area (Å²) in [6.07, 6.45) is -0.753. The van der Waals surface area contributed by atoms with E-state index in [0.29, 0.717) is 50.4 Å². The second-order valence-electron chi connectivity index (χ2n) is 14.5. The van der Waals surface area contributed by atoms with E-state index in [1.54, 1.807) is 50.2 Å². The number of para-hydroxylation sites is 2. The number of hydrogen-bond acceptors (Lipinski definition) is 3. The molecule has 0 aliphatic heterocycles. The van der Waals surface area contributed by atoms with Crippen LogP contribution in [0.5, 0.6) is 5.75 Å². The van der Waals surface area contributed by atoms with Gasteiger partial charge in [0.1, 0.15) is 11.6 Å². The number of aromatic nitrogens is 3. The first-order valence-electron chi connectivity index (χ1n) is 27.4. The molecule has 0 aliphatic rings. The van der Waals surface area contributed by atoms with Crippen molar-refractivity contribution in [2.45, 2.75) is 45.7 Å². The molecule has 0 saturated carbocycles. The molecule has 1 N–H and O–H groups in total. The van der Waals surface area contributed by atoms with Crippen molar-refractivity contribution in [3.05, 3.63) is 193 Å². The van der Waals surface area contributed by atoms with Crippen molar-refractivity contribution in [1.82, 2.24) is 14.5 Å². The van der Waals surface area contributed by atoms with Crippen LogP contribution < -0.4 is 0 Å². The smallest absolute Gasteiger partial charge is 0.149 e. The van der Waals surface area contributed by atoms with Crippen LogP contribution in [-0.2, 0) is 5.41 Å². The van der Waals surface area contributed by atoms with Crippen molar-refractivity contribution in [3.8, 4) is 78.6 Å². The Balaban J connectivity index is 1.32. The zero-order valence-electron chi connectivity index (χ0n) is 49.1. The molecular formula is C55H47N3O. The molecule has 0 unspecified atom stereocenters. The van der Waals surface area contributed by atoms with Gasteiger partial charge in [0.15, 0.2) is 0 Å². The fraction of sp³-hybridized carbons (Fsp3) is 0.127. The van der Waals surface area contributed by atoms with E-state index in [0.717, 1.165) is 16.7 Å². The maximum absolute atomic E-state index is 11.4. The van der Waals surface area contributed by atoms with Crippen molar-refractivity contribution in [1.29, 1.82) is 0 Å². The maximum Gasteiger partial charge on any atom is 0.149 e. The highest BCUT2D eigenvalue weighted by Gasteiger charge is 2.22. The SMILES string of the molecule is [2H]c1nc(-c2cc(-c3ccccc3)cc(-c3cccc4c3nc(-c3ccccc3O)n4-c3cc(-c4ccccc4)cc(C([2H])(C)C)c3)c2)c([2H])c(-c2c([2H])c([2H])c(C(C([2H])([2H])[2H])(C([2H])([2H])[2H])C([2H])([2H])[2H])c([2H])c2[2H])c1[2H]. The van der Waals surface area contributed by atoms with Gasteiger partial charge < -0.3 is 5.11 Å². The number of hydrogen-bond donors (Lipinski definition) is 1. The largest absolute Gasteiger partial charge is 0.507 e. The van der Waals surface area contributed by atoms with Gasteiger partial charge >= 0.3 is 0 Å². The van der Waals surface area contributed by atoms with E-state index in [2.05, 4.69) is 4.98 Å². The zero-order valence-corrected chi connectivity index (χ0v) is 32.1. The van der Waals surface area contributed by atoms with Crippen LogP contribution in [0.3, 0.4) is 0 Å². The first kappa shape index (κ1) is 22.8. The highest BCUT2D eigenvalue weighted by Crippen LogP contribution is 2.41. The normalized spacial score (nSPS) is 16.7. The number of aromatic hydroxyl groups is 1. The lowest BCUT2D eigenvalue weighted by atomic mass is 9.86. The molecule has 4 nitrogen and oxygen atoms in total. The van der Waals surface area contributed by atoms with Gasteiger partial charge in [-0.1, -0.05) is 150 Å². The number of imidazole rings is 1. The average Bonchev–Trinajstić information content (AvgIpc) is 3.90. The molecule has 0 bridgehead atoms. The van der Waals surface area contributed by atoms with Crippen LogP contribution >= 0.6 is 0 Å². The predicted octanol–water partition coefficient (Wildman–Crippen LogP) is 14.5. The van der Waals surface area contributed by atoms with E-state index < -0.39 is 91.0 Å². The Hall–Kier alpha value is -7.04. The summed E-state index contributed by atoms with van der Waals surface area (Å²) >= 11 is 0. The molecule has 288 valence electrons. The third-order valence-electron chi connectivity index (χ3n) is 10.2. The summed E-state index contributed by atoms with van der Waals surface area (Å²) in [6.45, 7) is -8.18. The van der Waals surface area contributed by atoms with Gasteiger partial charge in [0.2, 0.25) is 0 Å². The lowest BCUT2D eigenvalue weighted by Crippen LogP contribution is -2.10. The fourth-order valence-corrected chi connectivity index (χ4v) is 7.18. The lowest BCUT2D eigenvalue weighted by Gasteiger charge is -2.19. The predicted molar refractivity (Wildman–Crippen MR) is 246 cm³/mol. The lowest BCUT2D eigenvalue weighted by molar-refractivity contribution is 0.477. The molecule has 0 fully saturated rings. The summed E-state index contributed by atoms with van der Waals surface area (Å²) < 4.78 is 149. The third kappa shape index (κ3) is 7.46. The minimum absolute atomic E-state index is 0.0364. The van der Waals surface area contributed by atoms with Crippen molar-refractivity contribution < 1.29 is 28.4 Å². The van der Waals surface area contributed by atoms with Gasteiger partial charge in [0.25, 0.3) is 0 Å². The summed E-state index contributed by atoms with van der Waals surface area (Å²) in [5.41, 5.74) is 0.274. The molecule has 0 aliphatic carbocycles. The first-order chi connectivity index (χ1) is 35.6. The van der Waals surface area contributed by atoms with Gasteiger partial charge in [-0.2, -0.15) is 0 Å². The fourth-order valence-electron chi connectivity index (χ4n) is 7.18. The second-order valence-corrected chi connectivity index (χ2v) is 14.5. The Labute approximate surface area is 371 Å². The van der Waals surface area contributed by atoms with Crippen LogP contribution in [0.25, 0.3) is 83.9 Å².